The summed E-state index contributed by atoms with van der Waals surface area (Å²) >= 11 is 12.3. The van der Waals surface area contributed by atoms with Gasteiger partial charge in [0.25, 0.3) is 15.9 Å². The van der Waals surface area contributed by atoms with Crippen molar-refractivity contribution in [3.63, 3.8) is 0 Å². The van der Waals surface area contributed by atoms with Gasteiger partial charge in [-0.25, -0.2) is 8.42 Å². The second kappa shape index (κ2) is 8.43. The first-order valence-corrected chi connectivity index (χ1v) is 12.4. The molecule has 4 rings (SSSR count). The third-order valence-electron chi connectivity index (χ3n) is 5.54. The van der Waals surface area contributed by atoms with Crippen LogP contribution in [0.1, 0.15) is 48.9 Å². The van der Waals surface area contributed by atoms with Crippen molar-refractivity contribution in [3.8, 4) is 0 Å². The van der Waals surface area contributed by atoms with Gasteiger partial charge in [0.05, 0.1) is 21.3 Å². The van der Waals surface area contributed by atoms with Gasteiger partial charge in [-0.1, -0.05) is 23.8 Å². The standard InChI is InChI=1S/C24H22Cl2N2O3S/c1-13-10-14(2)23(15(3)11-13)28-32(30,31)18-7-5-17(6-8-18)27-24(29)16-4-9-19-20(12-16)22(26)21(19)25/h4-12,21-22,28H,1-3H3,(H,27,29)/t21-,22+/m1/s1. The number of anilines is 2. The van der Waals surface area contributed by atoms with E-state index >= 15 is 0 Å². The van der Waals surface area contributed by atoms with Crippen molar-refractivity contribution in [2.24, 2.45) is 0 Å². The average molecular weight is 489 g/mol. The molecular weight excluding hydrogens is 467 g/mol. The molecule has 2 N–H and O–H groups in total. The predicted octanol–water partition coefficient (Wildman–Crippen LogP) is 6.24. The second-order valence-corrected chi connectivity index (χ2v) is 10.6. The number of halogens is 2. The minimum absolute atomic E-state index is 0.106. The fourth-order valence-electron chi connectivity index (χ4n) is 3.88. The fraction of sp³-hybridized carbons (Fsp3) is 0.208. The van der Waals surface area contributed by atoms with Crippen molar-refractivity contribution in [2.75, 3.05) is 10.0 Å². The molecule has 0 aliphatic heterocycles. The molecule has 0 fully saturated rings. The summed E-state index contributed by atoms with van der Waals surface area (Å²) in [6.07, 6.45) is 0. The Morgan fingerprint density at radius 1 is 0.844 bits per heavy atom. The van der Waals surface area contributed by atoms with Crippen LogP contribution >= 0.6 is 23.2 Å². The quantitative estimate of drug-likeness (QED) is 0.417. The zero-order valence-electron chi connectivity index (χ0n) is 17.7. The molecular formula is C24H22Cl2N2O3S. The Kier molecular flexibility index (Phi) is 5.96. The lowest BCUT2D eigenvalue weighted by atomic mass is 9.86. The Labute approximate surface area is 197 Å². The summed E-state index contributed by atoms with van der Waals surface area (Å²) in [7, 11) is -3.77. The highest BCUT2D eigenvalue weighted by Crippen LogP contribution is 2.51. The third kappa shape index (κ3) is 4.22. The van der Waals surface area contributed by atoms with Gasteiger partial charge < -0.3 is 5.32 Å². The minimum Gasteiger partial charge on any atom is -0.322 e. The van der Waals surface area contributed by atoms with Gasteiger partial charge in [-0.05, 0) is 79.4 Å². The van der Waals surface area contributed by atoms with Crippen LogP contribution in [-0.4, -0.2) is 14.3 Å². The number of carbonyl (C=O) groups excluding carboxylic acids is 1. The van der Waals surface area contributed by atoms with E-state index in [1.165, 1.54) is 12.1 Å². The van der Waals surface area contributed by atoms with Crippen LogP contribution in [0.25, 0.3) is 0 Å². The molecule has 3 aromatic carbocycles. The van der Waals surface area contributed by atoms with E-state index in [2.05, 4.69) is 10.0 Å². The number of benzene rings is 3. The number of fused-ring (bicyclic) bond motifs is 1. The lowest BCUT2D eigenvalue weighted by Crippen LogP contribution is -2.19. The van der Waals surface area contributed by atoms with Crippen LogP contribution in [0.15, 0.2) is 59.5 Å². The minimum atomic E-state index is -3.77. The van der Waals surface area contributed by atoms with E-state index in [0.29, 0.717) is 16.9 Å². The van der Waals surface area contributed by atoms with Gasteiger partial charge >= 0.3 is 0 Å². The highest BCUT2D eigenvalue weighted by Gasteiger charge is 2.35. The largest absolute Gasteiger partial charge is 0.322 e. The third-order valence-corrected chi connectivity index (χ3v) is 8.00. The zero-order chi connectivity index (χ0) is 23.2. The smallest absolute Gasteiger partial charge is 0.261 e. The maximum Gasteiger partial charge on any atom is 0.261 e. The van der Waals surface area contributed by atoms with Crippen molar-refractivity contribution in [3.05, 3.63) is 88.0 Å². The first-order valence-electron chi connectivity index (χ1n) is 10.0. The van der Waals surface area contributed by atoms with E-state index in [1.54, 1.807) is 30.3 Å². The van der Waals surface area contributed by atoms with Crippen LogP contribution < -0.4 is 10.0 Å². The number of alkyl halides is 2. The topological polar surface area (TPSA) is 75.3 Å². The van der Waals surface area contributed by atoms with Gasteiger partial charge in [0.1, 0.15) is 0 Å². The number of carbonyl (C=O) groups is 1. The normalized spacial score (nSPS) is 17.3. The Hall–Kier alpha value is -2.54. The van der Waals surface area contributed by atoms with Crippen LogP contribution in [0, 0.1) is 20.8 Å². The summed E-state index contributed by atoms with van der Waals surface area (Å²) in [4.78, 5) is 12.7. The SMILES string of the molecule is Cc1cc(C)c(NS(=O)(=O)c2ccc(NC(=O)c3ccc4c(c3)[C@H](Cl)[C@@H]4Cl)cc2)c(C)c1. The Morgan fingerprint density at radius 3 is 2.06 bits per heavy atom. The molecule has 0 saturated heterocycles. The molecule has 166 valence electrons. The van der Waals surface area contributed by atoms with Crippen LogP contribution in [0.3, 0.4) is 0 Å². The summed E-state index contributed by atoms with van der Waals surface area (Å²) in [6.45, 7) is 5.70. The van der Waals surface area contributed by atoms with Crippen molar-refractivity contribution >= 4 is 50.5 Å². The molecule has 2 atom stereocenters. The summed E-state index contributed by atoms with van der Waals surface area (Å²) in [5.41, 5.74) is 6.09. The zero-order valence-corrected chi connectivity index (χ0v) is 20.1. The molecule has 0 radical (unpaired) electrons. The summed E-state index contributed by atoms with van der Waals surface area (Å²) in [5, 5.41) is 2.23. The molecule has 0 aromatic heterocycles. The van der Waals surface area contributed by atoms with E-state index in [0.717, 1.165) is 27.8 Å². The number of rotatable bonds is 5. The number of nitrogens with one attached hydrogen (secondary N) is 2. The number of hydrogen-bond donors (Lipinski definition) is 2. The molecule has 0 spiro atoms. The van der Waals surface area contributed by atoms with Crippen molar-refractivity contribution in [1.82, 2.24) is 0 Å². The van der Waals surface area contributed by atoms with E-state index in [4.69, 9.17) is 23.2 Å². The average Bonchev–Trinajstić information content (AvgIpc) is 2.75. The second-order valence-electron chi connectivity index (χ2n) is 8.00. The van der Waals surface area contributed by atoms with Crippen molar-refractivity contribution in [2.45, 2.75) is 36.4 Å². The van der Waals surface area contributed by atoms with E-state index < -0.39 is 10.0 Å². The summed E-state index contributed by atoms with van der Waals surface area (Å²) in [5.74, 6) is -0.311. The Balaban J connectivity index is 1.49. The molecule has 1 amide bonds. The van der Waals surface area contributed by atoms with Gasteiger partial charge in [0.2, 0.25) is 0 Å². The van der Waals surface area contributed by atoms with Crippen LogP contribution in [0.2, 0.25) is 0 Å². The monoisotopic (exact) mass is 488 g/mol. The lowest BCUT2D eigenvalue weighted by molar-refractivity contribution is 0.102. The molecule has 1 aliphatic carbocycles. The van der Waals surface area contributed by atoms with E-state index in [9.17, 15) is 13.2 Å². The van der Waals surface area contributed by atoms with Crippen LogP contribution in [0.5, 0.6) is 0 Å². The number of amides is 1. The molecule has 32 heavy (non-hydrogen) atoms. The Morgan fingerprint density at radius 2 is 1.44 bits per heavy atom. The predicted molar refractivity (Wildman–Crippen MR) is 129 cm³/mol. The first kappa shape index (κ1) is 22.6. The maximum absolute atomic E-state index is 12.9. The lowest BCUT2D eigenvalue weighted by Gasteiger charge is -2.31. The number of aryl methyl sites for hydroxylation is 3. The number of sulfonamides is 1. The van der Waals surface area contributed by atoms with Crippen LogP contribution in [0.4, 0.5) is 11.4 Å². The summed E-state index contributed by atoms with van der Waals surface area (Å²) in [6, 6.07) is 15.1. The molecule has 8 heteroatoms. The van der Waals surface area contributed by atoms with Gasteiger partial charge in [0, 0.05) is 11.3 Å². The summed E-state index contributed by atoms with van der Waals surface area (Å²) < 4.78 is 28.4. The molecule has 1 aliphatic rings. The van der Waals surface area contributed by atoms with Crippen LogP contribution in [-0.2, 0) is 10.0 Å². The first-order chi connectivity index (χ1) is 15.1. The highest BCUT2D eigenvalue weighted by atomic mass is 35.5. The maximum atomic E-state index is 12.9. The molecule has 0 unspecified atom stereocenters. The van der Waals surface area contributed by atoms with Gasteiger partial charge in [-0.3, -0.25) is 9.52 Å². The molecule has 0 saturated carbocycles. The molecule has 3 aromatic rings. The van der Waals surface area contributed by atoms with Crippen molar-refractivity contribution in [1.29, 1.82) is 0 Å². The molecule has 0 bridgehead atoms. The molecule has 5 nitrogen and oxygen atoms in total. The number of hydrogen-bond acceptors (Lipinski definition) is 3. The highest BCUT2D eigenvalue weighted by molar-refractivity contribution is 7.92. The Bertz CT molecular complexity index is 1300. The van der Waals surface area contributed by atoms with Gasteiger partial charge in [0.15, 0.2) is 0 Å². The molecule has 0 heterocycles. The van der Waals surface area contributed by atoms with Gasteiger partial charge in [-0.2, -0.15) is 0 Å². The van der Waals surface area contributed by atoms with E-state index in [-0.39, 0.29) is 21.6 Å². The van der Waals surface area contributed by atoms with Gasteiger partial charge in [-0.15, -0.1) is 23.2 Å². The van der Waals surface area contributed by atoms with Crippen molar-refractivity contribution < 1.29 is 13.2 Å². The van der Waals surface area contributed by atoms with E-state index in [1.807, 2.05) is 32.9 Å². The fourth-order valence-corrected chi connectivity index (χ4v) is 5.74.